The molecule has 0 saturated carbocycles. The van der Waals surface area contributed by atoms with Gasteiger partial charge in [-0.3, -0.25) is 0 Å². The molecule has 2 rings (SSSR count). The SMILES string of the molecule is CC(C)(C)OC(=O)NC(CCC[C@H](OCc1ccccc1)C(CO)OCc1ccccc1)C(=O)O. The predicted molar refractivity (Wildman–Crippen MR) is 132 cm³/mol. The second kappa shape index (κ2) is 14.5. The van der Waals surface area contributed by atoms with E-state index in [1.54, 1.807) is 20.8 Å². The lowest BCUT2D eigenvalue weighted by molar-refractivity contribution is -0.139. The van der Waals surface area contributed by atoms with Crippen LogP contribution in [-0.4, -0.2) is 52.7 Å². The number of carbonyl (C=O) groups excluding carboxylic acids is 1. The number of amides is 1. The van der Waals surface area contributed by atoms with Gasteiger partial charge in [-0.2, -0.15) is 0 Å². The molecule has 0 aliphatic heterocycles. The minimum Gasteiger partial charge on any atom is -0.480 e. The second-order valence-electron chi connectivity index (χ2n) is 9.32. The van der Waals surface area contributed by atoms with E-state index in [1.807, 2.05) is 60.7 Å². The molecule has 0 aliphatic carbocycles. The van der Waals surface area contributed by atoms with Gasteiger partial charge in [-0.1, -0.05) is 60.7 Å². The highest BCUT2D eigenvalue weighted by Crippen LogP contribution is 2.18. The number of nitrogens with one attached hydrogen (secondary N) is 1. The van der Waals surface area contributed by atoms with Gasteiger partial charge in [0.15, 0.2) is 0 Å². The Bertz CT molecular complexity index is 883. The fourth-order valence-corrected chi connectivity index (χ4v) is 3.44. The van der Waals surface area contributed by atoms with Crippen molar-refractivity contribution in [2.24, 2.45) is 0 Å². The Balaban J connectivity index is 1.99. The quantitative estimate of drug-likeness (QED) is 0.364. The molecule has 0 spiro atoms. The normalized spacial score (nSPS) is 14.1. The molecule has 0 saturated heterocycles. The average Bonchev–Trinajstić information content (AvgIpc) is 2.81. The van der Waals surface area contributed by atoms with E-state index in [1.165, 1.54) is 0 Å². The van der Waals surface area contributed by atoms with Crippen LogP contribution in [0.25, 0.3) is 0 Å². The molecule has 35 heavy (non-hydrogen) atoms. The van der Waals surface area contributed by atoms with Crippen molar-refractivity contribution in [1.82, 2.24) is 5.32 Å². The third kappa shape index (κ3) is 11.4. The summed E-state index contributed by atoms with van der Waals surface area (Å²) in [6.07, 6.45) is -0.803. The number of carboxylic acid groups (broad SMARTS) is 1. The van der Waals surface area contributed by atoms with Crippen LogP contribution in [0.1, 0.15) is 51.2 Å². The Morgan fingerprint density at radius 1 is 0.857 bits per heavy atom. The highest BCUT2D eigenvalue weighted by Gasteiger charge is 2.26. The van der Waals surface area contributed by atoms with E-state index >= 15 is 0 Å². The smallest absolute Gasteiger partial charge is 0.408 e. The number of alkyl carbamates (subject to hydrolysis) is 1. The Labute approximate surface area is 207 Å². The zero-order valence-corrected chi connectivity index (χ0v) is 20.7. The molecule has 2 aromatic rings. The monoisotopic (exact) mass is 487 g/mol. The van der Waals surface area contributed by atoms with Gasteiger partial charge in [-0.25, -0.2) is 9.59 Å². The van der Waals surface area contributed by atoms with Crippen LogP contribution in [0.15, 0.2) is 60.7 Å². The van der Waals surface area contributed by atoms with Crippen molar-refractivity contribution in [3.8, 4) is 0 Å². The molecule has 3 N–H and O–H groups in total. The minimum atomic E-state index is -1.14. The molecule has 0 radical (unpaired) electrons. The van der Waals surface area contributed by atoms with E-state index in [4.69, 9.17) is 14.2 Å². The Morgan fingerprint density at radius 3 is 1.83 bits per heavy atom. The topological polar surface area (TPSA) is 114 Å². The molecule has 0 heterocycles. The highest BCUT2D eigenvalue weighted by molar-refractivity contribution is 5.79. The number of rotatable bonds is 14. The molecule has 0 aliphatic rings. The van der Waals surface area contributed by atoms with Crippen LogP contribution in [0, 0.1) is 0 Å². The molecule has 8 heteroatoms. The number of benzene rings is 2. The molecule has 2 unspecified atom stereocenters. The number of hydrogen-bond acceptors (Lipinski definition) is 6. The highest BCUT2D eigenvalue weighted by atomic mass is 16.6. The summed E-state index contributed by atoms with van der Waals surface area (Å²) in [6.45, 7) is 5.53. The van der Waals surface area contributed by atoms with Crippen molar-refractivity contribution in [3.05, 3.63) is 71.8 Å². The van der Waals surface area contributed by atoms with Gasteiger partial charge in [0.2, 0.25) is 0 Å². The third-order valence-corrected chi connectivity index (χ3v) is 5.18. The number of aliphatic hydroxyl groups excluding tert-OH is 1. The molecule has 0 bridgehead atoms. The predicted octanol–water partition coefficient (Wildman–Crippen LogP) is 4.30. The van der Waals surface area contributed by atoms with Crippen LogP contribution in [0.2, 0.25) is 0 Å². The summed E-state index contributed by atoms with van der Waals surface area (Å²) in [5.74, 6) is -1.14. The molecular weight excluding hydrogens is 450 g/mol. The van der Waals surface area contributed by atoms with Gasteiger partial charge in [-0.15, -0.1) is 0 Å². The van der Waals surface area contributed by atoms with Crippen LogP contribution in [0.3, 0.4) is 0 Å². The van der Waals surface area contributed by atoms with Gasteiger partial charge < -0.3 is 29.7 Å². The molecule has 0 aromatic heterocycles. The van der Waals surface area contributed by atoms with Crippen LogP contribution in [0.4, 0.5) is 4.79 Å². The molecule has 192 valence electrons. The number of carboxylic acids is 1. The van der Waals surface area contributed by atoms with E-state index in [0.717, 1.165) is 11.1 Å². The van der Waals surface area contributed by atoms with Crippen molar-refractivity contribution in [3.63, 3.8) is 0 Å². The molecular formula is C27H37NO7. The number of carbonyl (C=O) groups is 2. The summed E-state index contributed by atoms with van der Waals surface area (Å²) in [5.41, 5.74) is 1.22. The summed E-state index contributed by atoms with van der Waals surface area (Å²) in [7, 11) is 0. The molecule has 8 nitrogen and oxygen atoms in total. The van der Waals surface area contributed by atoms with Gasteiger partial charge in [0.1, 0.15) is 17.7 Å². The van der Waals surface area contributed by atoms with E-state index in [-0.39, 0.29) is 13.0 Å². The first-order valence-corrected chi connectivity index (χ1v) is 11.8. The lowest BCUT2D eigenvalue weighted by Gasteiger charge is -2.27. The summed E-state index contributed by atoms with van der Waals surface area (Å²) in [6, 6.07) is 18.2. The lowest BCUT2D eigenvalue weighted by Crippen LogP contribution is -2.43. The second-order valence-corrected chi connectivity index (χ2v) is 9.32. The fraction of sp³-hybridized carbons (Fsp3) is 0.481. The van der Waals surface area contributed by atoms with Crippen molar-refractivity contribution < 1.29 is 34.0 Å². The Morgan fingerprint density at radius 2 is 1.37 bits per heavy atom. The largest absolute Gasteiger partial charge is 0.480 e. The van der Waals surface area contributed by atoms with E-state index in [2.05, 4.69) is 5.32 Å². The first kappa shape index (κ1) is 28.3. The summed E-state index contributed by atoms with van der Waals surface area (Å²) >= 11 is 0. The summed E-state index contributed by atoms with van der Waals surface area (Å²) in [4.78, 5) is 23.7. The Hall–Kier alpha value is -2.94. The summed E-state index contributed by atoms with van der Waals surface area (Å²) in [5, 5.41) is 22.0. The first-order chi connectivity index (χ1) is 16.7. The van der Waals surface area contributed by atoms with Gasteiger partial charge in [0, 0.05) is 0 Å². The molecule has 2 aromatic carbocycles. The van der Waals surface area contributed by atoms with Gasteiger partial charge >= 0.3 is 12.1 Å². The Kier molecular flexibility index (Phi) is 11.7. The number of aliphatic carboxylic acids is 1. The maximum absolute atomic E-state index is 12.0. The number of aliphatic hydroxyl groups is 1. The zero-order chi connectivity index (χ0) is 25.7. The van der Waals surface area contributed by atoms with Gasteiger partial charge in [0.25, 0.3) is 0 Å². The van der Waals surface area contributed by atoms with Crippen LogP contribution < -0.4 is 5.32 Å². The zero-order valence-electron chi connectivity index (χ0n) is 20.7. The van der Waals surface area contributed by atoms with E-state index in [9.17, 15) is 19.8 Å². The van der Waals surface area contributed by atoms with E-state index < -0.39 is 35.9 Å². The number of ether oxygens (including phenoxy) is 3. The van der Waals surface area contributed by atoms with Crippen LogP contribution in [-0.2, 0) is 32.2 Å². The first-order valence-electron chi connectivity index (χ1n) is 11.8. The standard InChI is InChI=1S/C27H37NO7/c1-27(2,3)35-26(32)28-22(25(30)31)15-10-16-23(33-18-20-11-6-4-7-12-20)24(17-29)34-19-21-13-8-5-9-14-21/h4-9,11-14,22-24,29H,10,15-19H2,1-3H3,(H,28,32)(H,30,31)/t22?,23-,24?/m0/s1. The van der Waals surface area contributed by atoms with Crippen molar-refractivity contribution in [2.75, 3.05) is 6.61 Å². The van der Waals surface area contributed by atoms with Crippen molar-refractivity contribution >= 4 is 12.1 Å². The third-order valence-electron chi connectivity index (χ3n) is 5.18. The van der Waals surface area contributed by atoms with E-state index in [0.29, 0.717) is 26.1 Å². The fourth-order valence-electron chi connectivity index (χ4n) is 3.44. The number of hydrogen-bond donors (Lipinski definition) is 3. The van der Waals surface area contributed by atoms with Crippen molar-refractivity contribution in [1.29, 1.82) is 0 Å². The lowest BCUT2D eigenvalue weighted by atomic mass is 10.0. The van der Waals surface area contributed by atoms with Gasteiger partial charge in [0.05, 0.1) is 25.9 Å². The molecule has 3 atom stereocenters. The maximum atomic E-state index is 12.0. The molecule has 0 fully saturated rings. The van der Waals surface area contributed by atoms with Crippen LogP contribution in [0.5, 0.6) is 0 Å². The van der Waals surface area contributed by atoms with Gasteiger partial charge in [-0.05, 0) is 51.2 Å². The van der Waals surface area contributed by atoms with Crippen LogP contribution >= 0.6 is 0 Å². The van der Waals surface area contributed by atoms with Crippen molar-refractivity contribution in [2.45, 2.75) is 77.1 Å². The molecule has 1 amide bonds. The minimum absolute atomic E-state index is 0.177. The average molecular weight is 488 g/mol. The summed E-state index contributed by atoms with van der Waals surface area (Å²) < 4.78 is 17.3. The maximum Gasteiger partial charge on any atom is 0.408 e.